The zero-order valence-corrected chi connectivity index (χ0v) is 18.3. The largest absolute Gasteiger partial charge is 0.493 e. The van der Waals surface area contributed by atoms with Gasteiger partial charge in [-0.25, -0.2) is 4.79 Å². The van der Waals surface area contributed by atoms with Crippen molar-refractivity contribution in [1.82, 2.24) is 4.68 Å². The van der Waals surface area contributed by atoms with Gasteiger partial charge in [0.2, 0.25) is 0 Å². The number of nitrogens with zero attached hydrogens (tertiary/aromatic N) is 2. The molecule has 8 nitrogen and oxygen atoms in total. The number of hydrogen-bond acceptors (Lipinski definition) is 6. The van der Waals surface area contributed by atoms with Crippen LogP contribution in [-0.4, -0.2) is 55.2 Å². The van der Waals surface area contributed by atoms with E-state index in [1.165, 1.54) is 18.3 Å². The smallest absolute Gasteiger partial charge is 0.341 e. The third-order valence-electron chi connectivity index (χ3n) is 5.96. The highest BCUT2D eigenvalue weighted by molar-refractivity contribution is 5.88. The summed E-state index contributed by atoms with van der Waals surface area (Å²) in [5.41, 5.74) is 0.168. The summed E-state index contributed by atoms with van der Waals surface area (Å²) in [5.74, 6) is -1.46. The van der Waals surface area contributed by atoms with Crippen LogP contribution >= 0.6 is 0 Å². The van der Waals surface area contributed by atoms with Crippen LogP contribution in [0.3, 0.4) is 0 Å². The summed E-state index contributed by atoms with van der Waals surface area (Å²) < 4.78 is 65.2. The molecule has 1 fully saturated rings. The van der Waals surface area contributed by atoms with Gasteiger partial charge in [0, 0.05) is 53.6 Å². The number of carboxylic acids is 1. The van der Waals surface area contributed by atoms with Crippen molar-refractivity contribution in [2.75, 3.05) is 39.0 Å². The van der Waals surface area contributed by atoms with Crippen molar-refractivity contribution in [3.63, 3.8) is 0 Å². The van der Waals surface area contributed by atoms with Crippen molar-refractivity contribution in [3.05, 3.63) is 51.8 Å². The van der Waals surface area contributed by atoms with Gasteiger partial charge in [-0.2, -0.15) is 0 Å². The van der Waals surface area contributed by atoms with E-state index in [4.69, 9.17) is 17.7 Å². The molecular formula is C24H30N2O6. The van der Waals surface area contributed by atoms with Crippen LogP contribution in [0, 0.1) is 5.92 Å². The Labute approximate surface area is 195 Å². The van der Waals surface area contributed by atoms with E-state index in [1.807, 2.05) is 18.9 Å². The number of ether oxygens (including phenoxy) is 3. The van der Waals surface area contributed by atoms with Crippen molar-refractivity contribution in [1.29, 1.82) is 0 Å². The van der Waals surface area contributed by atoms with E-state index in [2.05, 4.69) is 4.74 Å². The third-order valence-corrected chi connectivity index (χ3v) is 5.96. The molecular weight excluding hydrogens is 412 g/mol. The second-order valence-corrected chi connectivity index (χ2v) is 8.49. The van der Waals surface area contributed by atoms with Crippen LogP contribution in [-0.2, 0) is 9.47 Å². The lowest BCUT2D eigenvalue weighted by Crippen LogP contribution is -2.50. The Morgan fingerprint density at radius 3 is 2.72 bits per heavy atom. The molecule has 1 aromatic carbocycles. The van der Waals surface area contributed by atoms with Gasteiger partial charge in [0.05, 0.1) is 35.9 Å². The first kappa shape index (κ1) is 15.9. The molecule has 0 bridgehead atoms. The van der Waals surface area contributed by atoms with Gasteiger partial charge in [0.1, 0.15) is 11.3 Å². The molecule has 32 heavy (non-hydrogen) atoms. The maximum absolute atomic E-state index is 12.7. The number of rotatable bonds is 8. The molecule has 2 aliphatic rings. The topological polar surface area (TPSA) is 90.2 Å². The van der Waals surface area contributed by atoms with Gasteiger partial charge in [-0.05, 0) is 44.0 Å². The molecule has 0 spiro atoms. The van der Waals surface area contributed by atoms with Crippen LogP contribution < -0.4 is 15.2 Å². The Hall–Kier alpha value is -2.84. The van der Waals surface area contributed by atoms with Crippen molar-refractivity contribution in [3.8, 4) is 17.0 Å². The molecule has 0 aliphatic carbocycles. The first-order chi connectivity index (χ1) is 17.5. The third kappa shape index (κ3) is 3.78. The quantitative estimate of drug-likeness (QED) is 0.664. The summed E-state index contributed by atoms with van der Waals surface area (Å²) in [6.07, 6.45) is -1.21. The van der Waals surface area contributed by atoms with E-state index >= 15 is 0 Å². The van der Waals surface area contributed by atoms with Gasteiger partial charge in [0.25, 0.3) is 0 Å². The van der Waals surface area contributed by atoms with E-state index in [0.717, 1.165) is 7.11 Å². The monoisotopic (exact) mass is 448 g/mol. The van der Waals surface area contributed by atoms with Crippen LogP contribution in [0.25, 0.3) is 11.3 Å². The number of aromatic nitrogens is 1. The highest BCUT2D eigenvalue weighted by atomic mass is 16.5. The zero-order chi connectivity index (χ0) is 28.4. The number of benzene rings is 1. The Balaban J connectivity index is 1.90. The summed E-state index contributed by atoms with van der Waals surface area (Å²) in [6.45, 7) is -1.76. The lowest BCUT2D eigenvalue weighted by atomic mass is 9.87. The van der Waals surface area contributed by atoms with Crippen molar-refractivity contribution < 1.29 is 32.3 Å². The molecule has 2 aromatic rings. The van der Waals surface area contributed by atoms with Gasteiger partial charge < -0.3 is 19.3 Å². The molecule has 3 heterocycles. The van der Waals surface area contributed by atoms with E-state index < -0.39 is 36.4 Å². The lowest BCUT2D eigenvalue weighted by molar-refractivity contribution is 0.0694. The SMILES string of the molecule is [2H]C([2H])(OC)C([2H])([2H])C([2H])([2H])Oc1ccc2c(c1)C1C(COC)CC(C)(C)N1n1cc(C(=O)O)c(=O)cc1-2. The van der Waals surface area contributed by atoms with Gasteiger partial charge in [-0.3, -0.25) is 14.5 Å². The maximum atomic E-state index is 12.7. The Morgan fingerprint density at radius 2 is 2.03 bits per heavy atom. The normalized spacial score (nSPS) is 24.6. The molecule has 2 unspecified atom stereocenters. The van der Waals surface area contributed by atoms with E-state index in [9.17, 15) is 14.7 Å². The fourth-order valence-electron chi connectivity index (χ4n) is 4.90. The number of carboxylic acid groups (broad SMARTS) is 1. The van der Waals surface area contributed by atoms with Gasteiger partial charge in [0.15, 0.2) is 5.43 Å². The van der Waals surface area contributed by atoms with E-state index in [-0.39, 0.29) is 23.3 Å². The first-order valence-corrected chi connectivity index (χ1v) is 10.2. The fourth-order valence-corrected chi connectivity index (χ4v) is 4.90. The van der Waals surface area contributed by atoms with Crippen LogP contribution in [0.1, 0.15) is 56.8 Å². The molecule has 0 radical (unpaired) electrons. The minimum Gasteiger partial charge on any atom is -0.493 e. The molecule has 0 saturated carbocycles. The van der Waals surface area contributed by atoms with Crippen molar-refractivity contribution >= 4 is 5.97 Å². The number of hydrogen-bond donors (Lipinski definition) is 1. The summed E-state index contributed by atoms with van der Waals surface area (Å²) in [7, 11) is 2.51. The van der Waals surface area contributed by atoms with Crippen LogP contribution in [0.2, 0.25) is 0 Å². The average Bonchev–Trinajstić information content (AvgIpc) is 3.08. The Bertz CT molecular complexity index is 1330. The van der Waals surface area contributed by atoms with Crippen LogP contribution in [0.4, 0.5) is 0 Å². The summed E-state index contributed by atoms with van der Waals surface area (Å²) >= 11 is 0. The van der Waals surface area contributed by atoms with Gasteiger partial charge >= 0.3 is 5.97 Å². The number of fused-ring (bicyclic) bond motifs is 6. The maximum Gasteiger partial charge on any atom is 0.341 e. The zero-order valence-electron chi connectivity index (χ0n) is 24.3. The predicted molar refractivity (Wildman–Crippen MR) is 120 cm³/mol. The highest BCUT2D eigenvalue weighted by Gasteiger charge is 2.50. The summed E-state index contributed by atoms with van der Waals surface area (Å²) in [4.78, 5) is 24.4. The van der Waals surface area contributed by atoms with Gasteiger partial charge in [-0.15, -0.1) is 0 Å². The molecule has 4 rings (SSSR count). The predicted octanol–water partition coefficient (Wildman–Crippen LogP) is 3.07. The van der Waals surface area contributed by atoms with E-state index in [1.54, 1.807) is 23.9 Å². The second-order valence-electron chi connectivity index (χ2n) is 8.49. The van der Waals surface area contributed by atoms with Crippen LogP contribution in [0.15, 0.2) is 35.3 Å². The highest BCUT2D eigenvalue weighted by Crippen LogP contribution is 2.51. The number of carbonyl (C=O) groups is 1. The molecule has 1 aromatic heterocycles. The molecule has 8 heteroatoms. The van der Waals surface area contributed by atoms with Crippen molar-refractivity contribution in [2.45, 2.75) is 38.2 Å². The number of aromatic carboxylic acids is 1. The van der Waals surface area contributed by atoms with Crippen molar-refractivity contribution in [2.24, 2.45) is 5.92 Å². The fraction of sp³-hybridized carbons (Fsp3) is 0.500. The molecule has 1 saturated heterocycles. The van der Waals surface area contributed by atoms with Gasteiger partial charge in [-0.1, -0.05) is 0 Å². The number of pyridine rings is 1. The average molecular weight is 449 g/mol. The standard InChI is InChI=1S/C24H30N2O6/c1-24(2)12-15(14-31-4)22-18-10-16(32-9-5-8-30-3)6-7-17(18)20-11-21(27)19(23(28)29)13-25(20)26(22)24/h6-7,10-11,13,15,22H,5,8-9,12,14H2,1-4H3,(H,28,29)/i5D2,8D2,9D2. The molecule has 0 amide bonds. The van der Waals surface area contributed by atoms with Crippen LogP contribution in [0.5, 0.6) is 5.75 Å². The lowest BCUT2D eigenvalue weighted by Gasteiger charge is -2.45. The second kappa shape index (κ2) is 8.60. The molecule has 1 N–H and O–H groups in total. The minimum atomic E-state index is -3.18. The summed E-state index contributed by atoms with van der Waals surface area (Å²) in [6, 6.07) is 5.42. The first-order valence-electron chi connectivity index (χ1n) is 13.2. The Morgan fingerprint density at radius 1 is 1.25 bits per heavy atom. The molecule has 2 atom stereocenters. The minimum absolute atomic E-state index is 0.0525. The number of methoxy groups -OCH3 is 2. The molecule has 172 valence electrons. The summed E-state index contributed by atoms with van der Waals surface area (Å²) in [5, 5.41) is 11.6. The molecule has 2 aliphatic heterocycles. The van der Waals surface area contributed by atoms with E-state index in [0.29, 0.717) is 29.8 Å². The Kier molecular flexibility index (Phi) is 4.27.